The van der Waals surface area contributed by atoms with Gasteiger partial charge in [0, 0.05) is 23.1 Å². The smallest absolute Gasteiger partial charge is 0.0485 e. The second kappa shape index (κ2) is 3.27. The second-order valence-electron chi connectivity index (χ2n) is 4.30. The molecule has 1 heteroatoms. The van der Waals surface area contributed by atoms with Gasteiger partial charge in [0.25, 0.3) is 0 Å². The number of aryl methyl sites for hydroxylation is 1. The molecule has 0 fully saturated rings. The topological polar surface area (TPSA) is 4.93 Å². The van der Waals surface area contributed by atoms with Gasteiger partial charge in [-0.3, -0.25) is 0 Å². The highest BCUT2D eigenvalue weighted by molar-refractivity contribution is 5.85. The van der Waals surface area contributed by atoms with Gasteiger partial charge in [0.15, 0.2) is 0 Å². The third-order valence-electron chi connectivity index (χ3n) is 3.28. The van der Waals surface area contributed by atoms with Crippen molar-refractivity contribution in [3.05, 3.63) is 42.6 Å². The van der Waals surface area contributed by atoms with Gasteiger partial charge in [0.2, 0.25) is 0 Å². The predicted molar refractivity (Wildman–Crippen MR) is 64.8 cm³/mol. The van der Waals surface area contributed by atoms with Gasteiger partial charge in [-0.15, -0.1) is 0 Å². The van der Waals surface area contributed by atoms with Crippen LogP contribution in [0.1, 0.15) is 25.0 Å². The van der Waals surface area contributed by atoms with E-state index in [1.165, 1.54) is 35.0 Å². The average molecular weight is 197 g/mol. The van der Waals surface area contributed by atoms with E-state index in [9.17, 15) is 0 Å². The van der Waals surface area contributed by atoms with Gasteiger partial charge in [-0.1, -0.05) is 24.8 Å². The van der Waals surface area contributed by atoms with Crippen LogP contribution in [0.25, 0.3) is 16.5 Å². The molecule has 0 amide bonds. The van der Waals surface area contributed by atoms with E-state index < -0.39 is 0 Å². The zero-order valence-electron chi connectivity index (χ0n) is 8.87. The minimum atomic E-state index is 1.14. The Balaban J connectivity index is 2.30. The molecule has 1 aliphatic heterocycles. The average Bonchev–Trinajstić information content (AvgIpc) is 2.54. The molecule has 0 atom stereocenters. The number of fused-ring (bicyclic) bond motifs is 3. The van der Waals surface area contributed by atoms with E-state index in [0.717, 1.165) is 13.0 Å². The molecule has 1 aromatic carbocycles. The third-order valence-corrected chi connectivity index (χ3v) is 3.28. The number of hydrogen-bond acceptors (Lipinski definition) is 0. The summed E-state index contributed by atoms with van der Waals surface area (Å²) in [6, 6.07) is 10.9. The summed E-state index contributed by atoms with van der Waals surface area (Å²) in [5, 5.41) is 1.34. The van der Waals surface area contributed by atoms with Crippen LogP contribution in [0.2, 0.25) is 0 Å². The van der Waals surface area contributed by atoms with Gasteiger partial charge in [0.05, 0.1) is 0 Å². The number of rotatable bonds is 0. The SMILES string of the molecule is C=C1CCCCn2c1cc1ccccc12. The van der Waals surface area contributed by atoms with Gasteiger partial charge in [-0.25, -0.2) is 0 Å². The van der Waals surface area contributed by atoms with Gasteiger partial charge in [-0.05, 0) is 37.0 Å². The molecule has 1 aliphatic rings. The maximum absolute atomic E-state index is 4.19. The van der Waals surface area contributed by atoms with Crippen LogP contribution in [0.15, 0.2) is 36.9 Å². The Kier molecular flexibility index (Phi) is 1.91. The van der Waals surface area contributed by atoms with E-state index in [4.69, 9.17) is 0 Å². The first-order valence-corrected chi connectivity index (χ1v) is 5.63. The summed E-state index contributed by atoms with van der Waals surface area (Å²) in [6.07, 6.45) is 3.69. The van der Waals surface area contributed by atoms with Crippen molar-refractivity contribution in [2.45, 2.75) is 25.8 Å². The second-order valence-corrected chi connectivity index (χ2v) is 4.30. The summed E-state index contributed by atoms with van der Waals surface area (Å²) >= 11 is 0. The lowest BCUT2D eigenvalue weighted by atomic mass is 10.1. The molecule has 0 aliphatic carbocycles. The largest absolute Gasteiger partial charge is 0.341 e. The molecular weight excluding hydrogens is 182 g/mol. The molecule has 0 saturated heterocycles. The fourth-order valence-electron chi connectivity index (χ4n) is 2.48. The predicted octanol–water partition coefficient (Wildman–Crippen LogP) is 3.84. The molecule has 0 radical (unpaired) electrons. The Morgan fingerprint density at radius 2 is 2.00 bits per heavy atom. The Morgan fingerprint density at radius 1 is 1.13 bits per heavy atom. The maximum atomic E-state index is 4.19. The van der Waals surface area contributed by atoms with E-state index in [2.05, 4.69) is 41.5 Å². The summed E-state index contributed by atoms with van der Waals surface area (Å²) in [6.45, 7) is 5.33. The lowest BCUT2D eigenvalue weighted by Gasteiger charge is -2.06. The van der Waals surface area contributed by atoms with E-state index >= 15 is 0 Å². The maximum Gasteiger partial charge on any atom is 0.0485 e. The van der Waals surface area contributed by atoms with Gasteiger partial charge < -0.3 is 4.57 Å². The molecule has 3 rings (SSSR count). The molecule has 0 bridgehead atoms. The van der Waals surface area contributed by atoms with Crippen LogP contribution >= 0.6 is 0 Å². The van der Waals surface area contributed by atoms with Gasteiger partial charge in [0.1, 0.15) is 0 Å². The molecule has 76 valence electrons. The highest BCUT2D eigenvalue weighted by Crippen LogP contribution is 2.30. The van der Waals surface area contributed by atoms with E-state index in [1.54, 1.807) is 0 Å². The van der Waals surface area contributed by atoms with Gasteiger partial charge in [-0.2, -0.15) is 0 Å². The molecule has 15 heavy (non-hydrogen) atoms. The molecule has 0 N–H and O–H groups in total. The zero-order valence-corrected chi connectivity index (χ0v) is 8.87. The van der Waals surface area contributed by atoms with Crippen molar-refractivity contribution >= 4 is 16.5 Å². The highest BCUT2D eigenvalue weighted by Gasteiger charge is 2.13. The van der Waals surface area contributed by atoms with E-state index in [0.29, 0.717) is 0 Å². The van der Waals surface area contributed by atoms with Crippen molar-refractivity contribution in [2.24, 2.45) is 0 Å². The van der Waals surface area contributed by atoms with Crippen molar-refractivity contribution in [1.82, 2.24) is 4.57 Å². The molecule has 2 heterocycles. The Labute approximate surface area is 90.0 Å². The van der Waals surface area contributed by atoms with Crippen molar-refractivity contribution in [3.63, 3.8) is 0 Å². The van der Waals surface area contributed by atoms with Crippen molar-refractivity contribution in [3.8, 4) is 0 Å². The quantitative estimate of drug-likeness (QED) is 0.604. The molecule has 1 aromatic heterocycles. The first-order chi connectivity index (χ1) is 7.36. The molecule has 1 nitrogen and oxygen atoms in total. The fourth-order valence-corrected chi connectivity index (χ4v) is 2.48. The van der Waals surface area contributed by atoms with Crippen LogP contribution in [-0.4, -0.2) is 4.57 Å². The fraction of sp³-hybridized carbons (Fsp3) is 0.286. The number of allylic oxidation sites excluding steroid dienone is 1. The number of benzene rings is 1. The standard InChI is InChI=1S/C14H15N/c1-11-6-4-5-9-15-13-8-3-2-7-12(13)10-14(11)15/h2-3,7-8,10H,1,4-6,9H2. The first kappa shape index (κ1) is 8.78. The molecular formula is C14H15N. The molecule has 0 unspecified atom stereocenters. The summed E-state index contributed by atoms with van der Waals surface area (Å²) < 4.78 is 2.42. The van der Waals surface area contributed by atoms with Crippen LogP contribution in [-0.2, 0) is 6.54 Å². The molecule has 0 spiro atoms. The minimum Gasteiger partial charge on any atom is -0.341 e. The normalized spacial score (nSPS) is 16.4. The van der Waals surface area contributed by atoms with Crippen molar-refractivity contribution < 1.29 is 0 Å². The van der Waals surface area contributed by atoms with E-state index in [1.807, 2.05) is 0 Å². The van der Waals surface area contributed by atoms with Crippen LogP contribution in [0.5, 0.6) is 0 Å². The Morgan fingerprint density at radius 3 is 2.93 bits per heavy atom. The summed E-state index contributed by atoms with van der Waals surface area (Å²) in [5.74, 6) is 0. The number of hydrogen-bond donors (Lipinski definition) is 0. The number of aromatic nitrogens is 1. The van der Waals surface area contributed by atoms with Crippen molar-refractivity contribution in [1.29, 1.82) is 0 Å². The number of para-hydroxylation sites is 1. The van der Waals surface area contributed by atoms with Crippen molar-refractivity contribution in [2.75, 3.05) is 0 Å². The lowest BCUT2D eigenvalue weighted by Crippen LogP contribution is -1.98. The zero-order chi connectivity index (χ0) is 10.3. The monoisotopic (exact) mass is 197 g/mol. The Bertz CT molecular complexity index is 519. The van der Waals surface area contributed by atoms with Crippen LogP contribution in [0, 0.1) is 0 Å². The Hall–Kier alpha value is -1.50. The molecule has 0 saturated carbocycles. The van der Waals surface area contributed by atoms with Crippen LogP contribution in [0.4, 0.5) is 0 Å². The van der Waals surface area contributed by atoms with Crippen LogP contribution < -0.4 is 0 Å². The first-order valence-electron chi connectivity index (χ1n) is 5.63. The molecule has 2 aromatic rings. The van der Waals surface area contributed by atoms with E-state index in [-0.39, 0.29) is 0 Å². The highest BCUT2D eigenvalue weighted by atomic mass is 15.0. The van der Waals surface area contributed by atoms with Crippen LogP contribution in [0.3, 0.4) is 0 Å². The number of nitrogens with zero attached hydrogens (tertiary/aromatic N) is 1. The lowest BCUT2D eigenvalue weighted by molar-refractivity contribution is 0.653. The summed E-state index contributed by atoms with van der Waals surface area (Å²) in [4.78, 5) is 0. The minimum absolute atomic E-state index is 1.14. The third kappa shape index (κ3) is 1.30. The summed E-state index contributed by atoms with van der Waals surface area (Å²) in [5.41, 5.74) is 3.99. The van der Waals surface area contributed by atoms with Gasteiger partial charge >= 0.3 is 0 Å². The summed E-state index contributed by atoms with van der Waals surface area (Å²) in [7, 11) is 0.